The van der Waals surface area contributed by atoms with Gasteiger partial charge >= 0.3 is 0 Å². The number of aromatic amines is 1. The van der Waals surface area contributed by atoms with Crippen molar-refractivity contribution >= 4 is 12.2 Å². The Morgan fingerprint density at radius 2 is 1.78 bits per heavy atom. The van der Waals surface area contributed by atoms with E-state index < -0.39 is 0 Å². The molecular formula is C14H17N5O4. The first kappa shape index (κ1) is 16.3. The number of hydrogen-bond acceptors (Lipinski definition) is 8. The summed E-state index contributed by atoms with van der Waals surface area (Å²) < 4.78 is 15.8. The summed E-state index contributed by atoms with van der Waals surface area (Å²) in [5, 5.41) is 11.5. The second-order valence-electron chi connectivity index (χ2n) is 4.40. The Morgan fingerprint density at radius 3 is 2.30 bits per heavy atom. The molecule has 2 N–H and O–H groups in total. The van der Waals surface area contributed by atoms with Crippen molar-refractivity contribution < 1.29 is 14.2 Å². The van der Waals surface area contributed by atoms with Crippen LogP contribution in [-0.2, 0) is 0 Å². The van der Waals surface area contributed by atoms with Crippen molar-refractivity contribution in [3.05, 3.63) is 33.7 Å². The minimum atomic E-state index is -0.336. The summed E-state index contributed by atoms with van der Waals surface area (Å²) in [5.41, 5.74) is 3.13. The smallest absolute Gasteiger partial charge is 0.274 e. The van der Waals surface area contributed by atoms with Crippen LogP contribution < -0.4 is 25.2 Å². The molecule has 0 atom stereocenters. The maximum atomic E-state index is 11.4. The van der Waals surface area contributed by atoms with E-state index in [1.165, 1.54) is 20.4 Å². The van der Waals surface area contributed by atoms with Gasteiger partial charge in [0, 0.05) is 12.1 Å². The monoisotopic (exact) mass is 319 g/mol. The number of H-pyrrole nitrogens is 1. The van der Waals surface area contributed by atoms with Gasteiger partial charge in [-0.2, -0.15) is 5.10 Å². The fourth-order valence-electron chi connectivity index (χ4n) is 1.76. The Kier molecular flexibility index (Phi) is 5.13. The van der Waals surface area contributed by atoms with Crippen molar-refractivity contribution in [2.24, 2.45) is 5.10 Å². The van der Waals surface area contributed by atoms with E-state index in [-0.39, 0.29) is 17.2 Å². The van der Waals surface area contributed by atoms with Gasteiger partial charge in [0.1, 0.15) is 22.9 Å². The van der Waals surface area contributed by atoms with Crippen molar-refractivity contribution in [3.8, 4) is 17.2 Å². The molecule has 0 bridgehead atoms. The predicted molar refractivity (Wildman–Crippen MR) is 84.7 cm³/mol. The molecule has 23 heavy (non-hydrogen) atoms. The third kappa shape index (κ3) is 3.76. The van der Waals surface area contributed by atoms with E-state index in [2.05, 4.69) is 25.7 Å². The number of rotatable bonds is 6. The zero-order chi connectivity index (χ0) is 16.8. The van der Waals surface area contributed by atoms with Crippen molar-refractivity contribution in [1.29, 1.82) is 0 Å². The Hall–Kier alpha value is -3.10. The Balaban J connectivity index is 2.27. The number of hydrogen-bond donors (Lipinski definition) is 2. The molecule has 1 aromatic carbocycles. The summed E-state index contributed by atoms with van der Waals surface area (Å²) in [6.07, 6.45) is 1.48. The highest BCUT2D eigenvalue weighted by atomic mass is 16.5. The molecule has 0 saturated carbocycles. The molecule has 122 valence electrons. The van der Waals surface area contributed by atoms with E-state index in [9.17, 15) is 4.79 Å². The maximum absolute atomic E-state index is 11.4. The van der Waals surface area contributed by atoms with E-state index in [1.807, 2.05) is 0 Å². The molecular weight excluding hydrogens is 302 g/mol. The number of benzene rings is 1. The maximum Gasteiger partial charge on any atom is 0.274 e. The van der Waals surface area contributed by atoms with E-state index in [0.29, 0.717) is 22.8 Å². The summed E-state index contributed by atoms with van der Waals surface area (Å²) >= 11 is 0. The molecule has 0 aliphatic heterocycles. The van der Waals surface area contributed by atoms with E-state index in [1.54, 1.807) is 26.2 Å². The zero-order valence-electron chi connectivity index (χ0n) is 13.2. The minimum Gasteiger partial charge on any atom is -0.496 e. The predicted octanol–water partition coefficient (Wildman–Crippen LogP) is 0.945. The SMILES string of the molecule is COc1cc(OC)c(/C=N/Nc2nnc(C)c(=O)[nH]2)c(OC)c1. The van der Waals surface area contributed by atoms with E-state index in [4.69, 9.17) is 14.2 Å². The number of hydrazone groups is 1. The third-order valence-electron chi connectivity index (χ3n) is 2.98. The topological polar surface area (TPSA) is 111 Å². The van der Waals surface area contributed by atoms with Gasteiger partial charge in [-0.25, -0.2) is 5.43 Å². The molecule has 0 saturated heterocycles. The first-order chi connectivity index (χ1) is 11.1. The quantitative estimate of drug-likeness (QED) is 0.602. The lowest BCUT2D eigenvalue weighted by molar-refractivity contribution is 0.374. The van der Waals surface area contributed by atoms with Crippen molar-refractivity contribution in [2.75, 3.05) is 26.8 Å². The fourth-order valence-corrected chi connectivity index (χ4v) is 1.76. The van der Waals surface area contributed by atoms with Gasteiger partial charge in [-0.3, -0.25) is 9.78 Å². The molecule has 0 unspecified atom stereocenters. The molecule has 0 aliphatic rings. The van der Waals surface area contributed by atoms with E-state index in [0.717, 1.165) is 0 Å². The summed E-state index contributed by atoms with van der Waals surface area (Å²) in [4.78, 5) is 13.9. The first-order valence-electron chi connectivity index (χ1n) is 6.61. The summed E-state index contributed by atoms with van der Waals surface area (Å²) in [6, 6.07) is 3.41. The van der Waals surface area contributed by atoms with Crippen LogP contribution in [0.3, 0.4) is 0 Å². The molecule has 0 amide bonds. The first-order valence-corrected chi connectivity index (χ1v) is 6.61. The molecule has 1 aromatic heterocycles. The van der Waals surface area contributed by atoms with Gasteiger partial charge in [-0.05, 0) is 6.92 Å². The summed E-state index contributed by atoms with van der Waals surface area (Å²) in [7, 11) is 4.61. The zero-order valence-corrected chi connectivity index (χ0v) is 13.2. The number of aromatic nitrogens is 3. The number of methoxy groups -OCH3 is 3. The van der Waals surface area contributed by atoms with Crippen LogP contribution in [-0.4, -0.2) is 42.7 Å². The van der Waals surface area contributed by atoms with Crippen LogP contribution in [0.15, 0.2) is 22.0 Å². The molecule has 9 heteroatoms. The third-order valence-corrected chi connectivity index (χ3v) is 2.98. The summed E-state index contributed by atoms with van der Waals surface area (Å²) in [6.45, 7) is 1.56. The number of ether oxygens (including phenoxy) is 3. The highest BCUT2D eigenvalue weighted by molar-refractivity contribution is 5.88. The Morgan fingerprint density at radius 1 is 1.13 bits per heavy atom. The van der Waals surface area contributed by atoms with Gasteiger partial charge in [0.15, 0.2) is 0 Å². The van der Waals surface area contributed by atoms with Gasteiger partial charge in [-0.1, -0.05) is 0 Å². The largest absolute Gasteiger partial charge is 0.496 e. The number of nitrogens with one attached hydrogen (secondary N) is 2. The highest BCUT2D eigenvalue weighted by Gasteiger charge is 2.11. The normalized spacial score (nSPS) is 10.6. The van der Waals surface area contributed by atoms with Crippen LogP contribution in [0.1, 0.15) is 11.3 Å². The van der Waals surface area contributed by atoms with Crippen molar-refractivity contribution in [1.82, 2.24) is 15.2 Å². The van der Waals surface area contributed by atoms with Crippen LogP contribution in [0.5, 0.6) is 17.2 Å². The Labute approximate surface area is 132 Å². The molecule has 0 fully saturated rings. The molecule has 0 radical (unpaired) electrons. The molecule has 2 aromatic rings. The number of aryl methyl sites for hydroxylation is 1. The van der Waals surface area contributed by atoms with Gasteiger partial charge in [0.05, 0.1) is 33.1 Å². The lowest BCUT2D eigenvalue weighted by Gasteiger charge is -2.12. The van der Waals surface area contributed by atoms with Gasteiger partial charge in [0.25, 0.3) is 5.56 Å². The molecule has 2 rings (SSSR count). The van der Waals surface area contributed by atoms with Crippen molar-refractivity contribution in [3.63, 3.8) is 0 Å². The standard InChI is InChI=1S/C14H17N5O4/c1-8-13(20)16-14(19-17-8)18-15-7-10-11(22-3)5-9(21-2)6-12(10)23-4/h5-7H,1-4H3,(H2,16,18,19,20)/b15-7+. The number of nitrogens with zero attached hydrogens (tertiary/aromatic N) is 3. The second-order valence-corrected chi connectivity index (χ2v) is 4.40. The van der Waals surface area contributed by atoms with Gasteiger partial charge in [0.2, 0.25) is 5.95 Å². The lowest BCUT2D eigenvalue weighted by Crippen LogP contribution is -2.15. The molecule has 1 heterocycles. The van der Waals surface area contributed by atoms with Crippen LogP contribution in [0, 0.1) is 6.92 Å². The van der Waals surface area contributed by atoms with Gasteiger partial charge < -0.3 is 14.2 Å². The van der Waals surface area contributed by atoms with E-state index >= 15 is 0 Å². The second kappa shape index (κ2) is 7.25. The molecule has 9 nitrogen and oxygen atoms in total. The average molecular weight is 319 g/mol. The summed E-state index contributed by atoms with van der Waals surface area (Å²) in [5.74, 6) is 1.77. The average Bonchev–Trinajstić information content (AvgIpc) is 2.57. The van der Waals surface area contributed by atoms with Crippen LogP contribution in [0.25, 0.3) is 0 Å². The highest BCUT2D eigenvalue weighted by Crippen LogP contribution is 2.32. The Bertz CT molecular complexity index is 747. The fraction of sp³-hybridized carbons (Fsp3) is 0.286. The van der Waals surface area contributed by atoms with Gasteiger partial charge in [-0.15, -0.1) is 10.2 Å². The van der Waals surface area contributed by atoms with Crippen LogP contribution >= 0.6 is 0 Å². The van der Waals surface area contributed by atoms with Crippen LogP contribution in [0.4, 0.5) is 5.95 Å². The lowest BCUT2D eigenvalue weighted by atomic mass is 10.2. The van der Waals surface area contributed by atoms with Crippen LogP contribution in [0.2, 0.25) is 0 Å². The minimum absolute atomic E-state index is 0.128. The molecule has 0 spiro atoms. The molecule has 0 aliphatic carbocycles. The van der Waals surface area contributed by atoms with Crippen molar-refractivity contribution in [2.45, 2.75) is 6.92 Å². The number of anilines is 1.